The van der Waals surface area contributed by atoms with E-state index < -0.39 is 54.7 Å². The first kappa shape index (κ1) is 23.9. The van der Waals surface area contributed by atoms with Gasteiger partial charge in [0.1, 0.15) is 24.4 Å². The van der Waals surface area contributed by atoms with Crippen molar-refractivity contribution in [2.45, 2.75) is 62.2 Å². The van der Waals surface area contributed by atoms with Crippen molar-refractivity contribution in [3.8, 4) is 0 Å². The molecule has 0 spiro atoms. The summed E-state index contributed by atoms with van der Waals surface area (Å²) in [5.41, 5.74) is 0. The maximum Gasteiger partial charge on any atom is 0.110 e. The highest BCUT2D eigenvalue weighted by molar-refractivity contribution is 4.93. The fraction of sp³-hybridized carbons (Fsp3) is 1.00. The second-order valence-corrected chi connectivity index (χ2v) is 7.48. The van der Waals surface area contributed by atoms with Gasteiger partial charge in [0.2, 0.25) is 0 Å². The molecular weight excluding hydrogens is 376 g/mol. The topological polar surface area (TPSA) is 158 Å². The quantitative estimate of drug-likeness (QED) is 0.235. The minimum absolute atomic E-state index is 0.0627. The summed E-state index contributed by atoms with van der Waals surface area (Å²) in [6.07, 6.45) is -7.04. The highest BCUT2D eigenvalue weighted by Gasteiger charge is 2.45. The summed E-state index contributed by atoms with van der Waals surface area (Å²) in [5.74, 6) is -1.08. The van der Waals surface area contributed by atoms with Gasteiger partial charge in [-0.2, -0.15) is 0 Å². The van der Waals surface area contributed by atoms with Crippen LogP contribution in [0.5, 0.6) is 0 Å². The molecule has 0 amide bonds. The lowest BCUT2D eigenvalue weighted by Crippen LogP contribution is -2.58. The summed E-state index contributed by atoms with van der Waals surface area (Å²) in [5, 5.41) is 60.1. The Bertz CT molecular complexity index is 448. The van der Waals surface area contributed by atoms with Crippen LogP contribution in [0.15, 0.2) is 0 Å². The van der Waals surface area contributed by atoms with Crippen LogP contribution in [-0.2, 0) is 18.9 Å². The van der Waals surface area contributed by atoms with Gasteiger partial charge < -0.3 is 49.6 Å². The van der Waals surface area contributed by atoms with Gasteiger partial charge in [0, 0.05) is 18.9 Å². The molecule has 10 atom stereocenters. The third-order valence-electron chi connectivity index (χ3n) is 5.75. The standard InChI is InChI=1S/C18H34O10/c1-3-9-11(4-19)27-14(18(24)15(9)21)8-26-6-10-12(5-20)28-13(7-25-2)17(23)16(10)22/h9-24H,3-8H2,1-2H3. The fourth-order valence-electron chi connectivity index (χ4n) is 4.03. The summed E-state index contributed by atoms with van der Waals surface area (Å²) in [7, 11) is 1.44. The van der Waals surface area contributed by atoms with Crippen molar-refractivity contribution in [3.63, 3.8) is 0 Å². The fourth-order valence-corrected chi connectivity index (χ4v) is 4.03. The summed E-state index contributed by atoms with van der Waals surface area (Å²) in [4.78, 5) is 0. The zero-order valence-electron chi connectivity index (χ0n) is 16.3. The number of hydrogen-bond acceptors (Lipinski definition) is 10. The van der Waals surface area contributed by atoms with Gasteiger partial charge in [-0.1, -0.05) is 6.92 Å². The molecule has 0 aromatic rings. The Labute approximate surface area is 164 Å². The molecule has 0 radical (unpaired) electrons. The van der Waals surface area contributed by atoms with Crippen molar-refractivity contribution in [1.82, 2.24) is 0 Å². The van der Waals surface area contributed by atoms with E-state index in [0.717, 1.165) is 0 Å². The second kappa shape index (κ2) is 11.1. The van der Waals surface area contributed by atoms with Gasteiger partial charge in [0.05, 0.1) is 57.5 Å². The molecule has 10 nitrogen and oxygen atoms in total. The molecular formula is C18H34O10. The largest absolute Gasteiger partial charge is 0.394 e. The van der Waals surface area contributed by atoms with Crippen LogP contribution >= 0.6 is 0 Å². The normalized spacial score (nSPS) is 44.6. The van der Waals surface area contributed by atoms with Crippen LogP contribution in [-0.4, -0.2) is 120 Å². The maximum atomic E-state index is 10.4. The lowest BCUT2D eigenvalue weighted by Gasteiger charge is -2.43. The SMILES string of the molecule is CCC1C(CO)OC(COCC2C(CO)OC(COC)C(O)C2O)C(O)C1O. The number of ether oxygens (including phenoxy) is 4. The van der Waals surface area contributed by atoms with Gasteiger partial charge in [0.15, 0.2) is 0 Å². The van der Waals surface area contributed by atoms with E-state index in [0.29, 0.717) is 6.42 Å². The molecule has 0 aromatic carbocycles. The van der Waals surface area contributed by atoms with E-state index in [1.807, 2.05) is 6.92 Å². The summed E-state index contributed by atoms with van der Waals surface area (Å²) in [6, 6.07) is 0. The first-order valence-corrected chi connectivity index (χ1v) is 9.71. The van der Waals surface area contributed by atoms with E-state index in [4.69, 9.17) is 18.9 Å². The van der Waals surface area contributed by atoms with Gasteiger partial charge in [-0.25, -0.2) is 0 Å². The van der Waals surface area contributed by atoms with Gasteiger partial charge in [-0.15, -0.1) is 0 Å². The Morgan fingerprint density at radius 1 is 0.679 bits per heavy atom. The highest BCUT2D eigenvalue weighted by Crippen LogP contribution is 2.30. The van der Waals surface area contributed by atoms with Crippen molar-refractivity contribution in [2.75, 3.05) is 40.1 Å². The number of rotatable bonds is 9. The Hall–Kier alpha value is -0.400. The minimum atomic E-state index is -1.20. The number of aliphatic hydroxyl groups is 6. The Morgan fingerprint density at radius 2 is 1.18 bits per heavy atom. The molecule has 6 N–H and O–H groups in total. The summed E-state index contributed by atoms with van der Waals surface area (Å²) < 4.78 is 21.8. The summed E-state index contributed by atoms with van der Waals surface area (Å²) in [6.45, 7) is 1.10. The Morgan fingerprint density at radius 3 is 1.68 bits per heavy atom. The first-order valence-electron chi connectivity index (χ1n) is 9.71. The minimum Gasteiger partial charge on any atom is -0.394 e. The van der Waals surface area contributed by atoms with Crippen molar-refractivity contribution >= 4 is 0 Å². The van der Waals surface area contributed by atoms with E-state index in [1.165, 1.54) is 7.11 Å². The Balaban J connectivity index is 1.92. The van der Waals surface area contributed by atoms with Crippen LogP contribution in [0.3, 0.4) is 0 Å². The van der Waals surface area contributed by atoms with E-state index in [-0.39, 0.29) is 39.0 Å². The number of hydrogen-bond donors (Lipinski definition) is 6. The van der Waals surface area contributed by atoms with Gasteiger partial charge in [0.25, 0.3) is 0 Å². The van der Waals surface area contributed by atoms with Crippen LogP contribution in [0.2, 0.25) is 0 Å². The zero-order valence-corrected chi connectivity index (χ0v) is 16.3. The smallest absolute Gasteiger partial charge is 0.110 e. The molecule has 28 heavy (non-hydrogen) atoms. The van der Waals surface area contributed by atoms with Gasteiger partial charge in [-0.05, 0) is 6.42 Å². The predicted molar refractivity (Wildman–Crippen MR) is 95.5 cm³/mol. The van der Waals surface area contributed by atoms with E-state index in [9.17, 15) is 30.6 Å². The van der Waals surface area contributed by atoms with E-state index >= 15 is 0 Å². The number of aliphatic hydroxyl groups excluding tert-OH is 6. The van der Waals surface area contributed by atoms with Crippen molar-refractivity contribution in [2.24, 2.45) is 11.8 Å². The molecule has 0 aromatic heterocycles. The van der Waals surface area contributed by atoms with E-state index in [2.05, 4.69) is 0 Å². The van der Waals surface area contributed by atoms with Crippen LogP contribution < -0.4 is 0 Å². The lowest BCUT2D eigenvalue weighted by molar-refractivity contribution is -0.239. The monoisotopic (exact) mass is 410 g/mol. The Kier molecular flexibility index (Phi) is 9.48. The number of methoxy groups -OCH3 is 1. The average Bonchev–Trinajstić information content (AvgIpc) is 2.70. The molecule has 2 aliphatic heterocycles. The van der Waals surface area contributed by atoms with Crippen molar-refractivity contribution in [1.29, 1.82) is 0 Å². The molecule has 0 bridgehead atoms. The third kappa shape index (κ3) is 5.20. The molecule has 166 valence electrons. The molecule has 10 unspecified atom stereocenters. The van der Waals surface area contributed by atoms with Crippen LogP contribution in [0.25, 0.3) is 0 Å². The molecule has 0 aliphatic carbocycles. The molecule has 2 rings (SSSR count). The molecule has 2 heterocycles. The molecule has 2 saturated heterocycles. The van der Waals surface area contributed by atoms with Gasteiger partial charge in [-0.3, -0.25) is 0 Å². The molecule has 2 aliphatic rings. The van der Waals surface area contributed by atoms with E-state index in [1.54, 1.807) is 0 Å². The van der Waals surface area contributed by atoms with Crippen molar-refractivity contribution in [3.05, 3.63) is 0 Å². The van der Waals surface area contributed by atoms with Gasteiger partial charge >= 0.3 is 0 Å². The predicted octanol–water partition coefficient (Wildman–Crippen LogP) is -2.75. The molecule has 2 fully saturated rings. The lowest BCUT2D eigenvalue weighted by atomic mass is 9.85. The molecule has 0 saturated carbocycles. The van der Waals surface area contributed by atoms with Crippen LogP contribution in [0, 0.1) is 11.8 Å². The first-order chi connectivity index (χ1) is 13.4. The maximum absolute atomic E-state index is 10.4. The molecule has 10 heteroatoms. The average molecular weight is 410 g/mol. The zero-order chi connectivity index (χ0) is 20.8. The van der Waals surface area contributed by atoms with Crippen LogP contribution in [0.1, 0.15) is 13.3 Å². The second-order valence-electron chi connectivity index (χ2n) is 7.48. The highest BCUT2D eigenvalue weighted by atomic mass is 16.6. The van der Waals surface area contributed by atoms with Crippen molar-refractivity contribution < 1.29 is 49.6 Å². The van der Waals surface area contributed by atoms with Crippen LogP contribution in [0.4, 0.5) is 0 Å². The summed E-state index contributed by atoms with van der Waals surface area (Å²) >= 11 is 0. The third-order valence-corrected chi connectivity index (χ3v) is 5.75.